The first kappa shape index (κ1) is 18.4. The van der Waals surface area contributed by atoms with E-state index >= 15 is 0 Å². The van der Waals surface area contributed by atoms with E-state index in [4.69, 9.17) is 5.26 Å². The van der Waals surface area contributed by atoms with Crippen LogP contribution >= 0.6 is 0 Å². The van der Waals surface area contributed by atoms with Gasteiger partial charge >= 0.3 is 0 Å². The van der Waals surface area contributed by atoms with Gasteiger partial charge in [-0.25, -0.2) is 8.42 Å². The number of hydrogen-bond donors (Lipinski definition) is 0. The van der Waals surface area contributed by atoms with Crippen molar-refractivity contribution in [3.05, 3.63) is 35.4 Å². The van der Waals surface area contributed by atoms with Gasteiger partial charge in [0, 0.05) is 5.56 Å². The van der Waals surface area contributed by atoms with E-state index in [0.717, 1.165) is 24.8 Å². The van der Waals surface area contributed by atoms with Crippen molar-refractivity contribution in [1.29, 1.82) is 5.26 Å². The summed E-state index contributed by atoms with van der Waals surface area (Å²) in [6.45, 7) is 4.08. The van der Waals surface area contributed by atoms with Gasteiger partial charge in [-0.1, -0.05) is 68.9 Å². The molecule has 1 rings (SSSR count). The summed E-state index contributed by atoms with van der Waals surface area (Å²) in [4.78, 5) is 0. The summed E-state index contributed by atoms with van der Waals surface area (Å²) in [7, 11) is -3.58. The highest BCUT2D eigenvalue weighted by molar-refractivity contribution is 7.90. The van der Waals surface area contributed by atoms with Crippen molar-refractivity contribution in [2.45, 2.75) is 52.4 Å². The number of unbranched alkanes of at least 4 members (excludes halogenated alkanes) is 5. The molecule has 0 saturated heterocycles. The van der Waals surface area contributed by atoms with E-state index in [1.807, 2.05) is 25.1 Å². The predicted octanol–water partition coefficient (Wildman–Crippen LogP) is 4.00. The fourth-order valence-electron chi connectivity index (χ4n) is 2.10. The minimum absolute atomic E-state index is 0.0101. The Balaban J connectivity index is 2.63. The van der Waals surface area contributed by atoms with Gasteiger partial charge in [-0.15, -0.1) is 0 Å². The van der Waals surface area contributed by atoms with Crippen LogP contribution in [0.4, 0.5) is 0 Å². The second-order valence-corrected chi connectivity index (χ2v) is 7.23. The zero-order valence-corrected chi connectivity index (χ0v) is 14.2. The van der Waals surface area contributed by atoms with Crippen molar-refractivity contribution in [2.75, 3.05) is 5.75 Å². The van der Waals surface area contributed by atoms with Crippen molar-refractivity contribution in [3.63, 3.8) is 0 Å². The highest BCUT2D eigenvalue weighted by Crippen LogP contribution is 2.10. The summed E-state index contributed by atoms with van der Waals surface area (Å²) in [5.74, 6) is 0.0101. The van der Waals surface area contributed by atoms with Crippen molar-refractivity contribution >= 4 is 15.7 Å². The number of aryl methyl sites for hydroxylation is 1. The van der Waals surface area contributed by atoms with Crippen molar-refractivity contribution in [2.24, 2.45) is 4.40 Å². The molecule has 0 bridgehead atoms. The molecule has 0 heterocycles. The lowest BCUT2D eigenvalue weighted by molar-refractivity contribution is 0.585. The molecule has 0 N–H and O–H groups in total. The Bertz CT molecular complexity index is 626. The number of benzene rings is 1. The summed E-state index contributed by atoms with van der Waals surface area (Å²) >= 11 is 0. The Morgan fingerprint density at radius 2 is 1.68 bits per heavy atom. The van der Waals surface area contributed by atoms with Crippen LogP contribution in [0.3, 0.4) is 0 Å². The van der Waals surface area contributed by atoms with Crippen LogP contribution in [0.2, 0.25) is 0 Å². The normalized spacial score (nSPS) is 12.1. The topological polar surface area (TPSA) is 70.3 Å². The molecule has 120 valence electrons. The standard InChI is InChI=1S/C17H24N2O2S/c1-3-4-5-6-7-8-13-22(20,21)19-17(14-18)16-11-9-15(2)10-12-16/h9-12H,3-8,13H2,1-2H3. The monoisotopic (exact) mass is 320 g/mol. The van der Waals surface area contributed by atoms with Gasteiger partial charge < -0.3 is 0 Å². The summed E-state index contributed by atoms with van der Waals surface area (Å²) in [6, 6.07) is 8.99. The average Bonchev–Trinajstić information content (AvgIpc) is 2.49. The maximum atomic E-state index is 12.0. The third kappa shape index (κ3) is 6.86. The minimum atomic E-state index is -3.58. The van der Waals surface area contributed by atoms with Crippen molar-refractivity contribution < 1.29 is 8.42 Å². The number of rotatable bonds is 9. The zero-order valence-electron chi connectivity index (χ0n) is 13.4. The van der Waals surface area contributed by atoms with Gasteiger partial charge in [-0.3, -0.25) is 0 Å². The summed E-state index contributed by atoms with van der Waals surface area (Å²) in [5, 5.41) is 9.14. The van der Waals surface area contributed by atoms with Gasteiger partial charge in [0.1, 0.15) is 6.07 Å². The molecule has 1 aromatic carbocycles. The fraction of sp³-hybridized carbons (Fsp3) is 0.529. The summed E-state index contributed by atoms with van der Waals surface area (Å²) < 4.78 is 27.7. The van der Waals surface area contributed by atoms with Crippen LogP contribution in [0.25, 0.3) is 0 Å². The highest BCUT2D eigenvalue weighted by atomic mass is 32.2. The number of nitriles is 1. The number of nitrogens with zero attached hydrogens (tertiary/aromatic N) is 2. The van der Waals surface area contributed by atoms with Crippen molar-refractivity contribution in [1.82, 2.24) is 0 Å². The second kappa shape index (κ2) is 9.37. The quantitative estimate of drug-likeness (QED) is 0.510. The molecular weight excluding hydrogens is 296 g/mol. The first-order chi connectivity index (χ1) is 10.5. The maximum Gasteiger partial charge on any atom is 0.254 e. The molecule has 0 aromatic heterocycles. The van der Waals surface area contributed by atoms with Crippen molar-refractivity contribution in [3.8, 4) is 6.07 Å². The Kier molecular flexibility index (Phi) is 7.83. The van der Waals surface area contributed by atoms with E-state index in [0.29, 0.717) is 12.0 Å². The van der Waals surface area contributed by atoms with Gasteiger partial charge in [0.25, 0.3) is 10.0 Å². The molecule has 0 atom stereocenters. The third-order valence-corrected chi connectivity index (χ3v) is 4.68. The Morgan fingerprint density at radius 3 is 2.27 bits per heavy atom. The number of hydrogen-bond acceptors (Lipinski definition) is 3. The zero-order chi connectivity index (χ0) is 16.4. The van der Waals surface area contributed by atoms with Crippen LogP contribution in [-0.4, -0.2) is 19.9 Å². The lowest BCUT2D eigenvalue weighted by Crippen LogP contribution is -2.08. The Morgan fingerprint density at radius 1 is 1.09 bits per heavy atom. The van der Waals surface area contributed by atoms with Gasteiger partial charge in [-0.05, 0) is 13.3 Å². The SMILES string of the molecule is CCCCCCCCS(=O)(=O)N=C(C#N)c1ccc(C)cc1. The molecule has 0 radical (unpaired) electrons. The predicted molar refractivity (Wildman–Crippen MR) is 90.5 cm³/mol. The highest BCUT2D eigenvalue weighted by Gasteiger charge is 2.12. The smallest absolute Gasteiger partial charge is 0.205 e. The molecule has 0 saturated carbocycles. The second-order valence-electron chi connectivity index (χ2n) is 5.47. The van der Waals surface area contributed by atoms with Gasteiger partial charge in [0.15, 0.2) is 5.71 Å². The van der Waals surface area contributed by atoms with E-state index in [-0.39, 0.29) is 11.5 Å². The lowest BCUT2D eigenvalue weighted by Gasteiger charge is -2.02. The van der Waals surface area contributed by atoms with E-state index in [9.17, 15) is 8.42 Å². The van der Waals surface area contributed by atoms with Gasteiger partial charge in [-0.2, -0.15) is 9.66 Å². The fourth-order valence-corrected chi connectivity index (χ4v) is 3.18. The van der Waals surface area contributed by atoms with Gasteiger partial charge in [0.05, 0.1) is 5.75 Å². The molecule has 1 aromatic rings. The van der Waals surface area contributed by atoms with E-state index < -0.39 is 10.0 Å². The first-order valence-corrected chi connectivity index (χ1v) is 9.39. The van der Waals surface area contributed by atoms with E-state index in [1.54, 1.807) is 12.1 Å². The molecule has 4 nitrogen and oxygen atoms in total. The molecule has 0 aliphatic carbocycles. The van der Waals surface area contributed by atoms with Crippen LogP contribution < -0.4 is 0 Å². The Labute approximate surface area is 133 Å². The third-order valence-electron chi connectivity index (χ3n) is 3.42. The molecule has 0 amide bonds. The summed E-state index contributed by atoms with van der Waals surface area (Å²) in [6.07, 6.45) is 6.05. The molecule has 5 heteroatoms. The summed E-state index contributed by atoms with van der Waals surface area (Å²) in [5.41, 5.74) is 1.56. The molecule has 0 fully saturated rings. The largest absolute Gasteiger partial charge is 0.254 e. The average molecular weight is 320 g/mol. The van der Waals surface area contributed by atoms with Crippen LogP contribution in [0, 0.1) is 18.3 Å². The first-order valence-electron chi connectivity index (χ1n) is 7.78. The molecule has 0 aliphatic rings. The molecule has 0 spiro atoms. The lowest BCUT2D eigenvalue weighted by atomic mass is 10.1. The Hall–Kier alpha value is -1.67. The van der Waals surface area contributed by atoms with Gasteiger partial charge in [0.2, 0.25) is 0 Å². The molecule has 0 aliphatic heterocycles. The van der Waals surface area contributed by atoms with Crippen LogP contribution in [0.1, 0.15) is 56.6 Å². The molecular formula is C17H24N2O2S. The van der Waals surface area contributed by atoms with Crippen LogP contribution in [0.15, 0.2) is 28.7 Å². The van der Waals surface area contributed by atoms with E-state index in [1.165, 1.54) is 12.8 Å². The van der Waals surface area contributed by atoms with Crippen LogP contribution in [0.5, 0.6) is 0 Å². The van der Waals surface area contributed by atoms with E-state index in [2.05, 4.69) is 11.3 Å². The molecule has 0 unspecified atom stereocenters. The maximum absolute atomic E-state index is 12.0. The molecule has 22 heavy (non-hydrogen) atoms. The number of sulfonamides is 1. The minimum Gasteiger partial charge on any atom is -0.205 e. The van der Waals surface area contributed by atoms with Crippen LogP contribution in [-0.2, 0) is 10.0 Å².